The SMILES string of the molecule is C#C/C(O)=C\C.C=C(C)C1(c2ccccc2O)CCCCCC1. The Kier molecular flexibility index (Phi) is 7.48. The summed E-state index contributed by atoms with van der Waals surface area (Å²) in [5, 5.41) is 18.4. The van der Waals surface area contributed by atoms with Gasteiger partial charge in [0, 0.05) is 11.0 Å². The van der Waals surface area contributed by atoms with Gasteiger partial charge in [0.15, 0.2) is 5.76 Å². The van der Waals surface area contributed by atoms with Crippen molar-refractivity contribution in [2.24, 2.45) is 0 Å². The van der Waals surface area contributed by atoms with Crippen molar-refractivity contribution < 1.29 is 10.2 Å². The van der Waals surface area contributed by atoms with E-state index in [1.165, 1.54) is 37.3 Å². The number of benzene rings is 1. The Labute approximate surface area is 140 Å². The molecule has 0 heterocycles. The lowest BCUT2D eigenvalue weighted by molar-refractivity contribution is 0.399. The molecule has 0 saturated heterocycles. The van der Waals surface area contributed by atoms with Gasteiger partial charge in [-0.05, 0) is 44.8 Å². The van der Waals surface area contributed by atoms with E-state index in [2.05, 4.69) is 19.6 Å². The first-order valence-corrected chi connectivity index (χ1v) is 8.24. The van der Waals surface area contributed by atoms with Crippen molar-refractivity contribution in [1.29, 1.82) is 0 Å². The molecule has 124 valence electrons. The minimum atomic E-state index is -0.00463. The molecule has 2 nitrogen and oxygen atoms in total. The molecular weight excluding hydrogens is 284 g/mol. The summed E-state index contributed by atoms with van der Waals surface area (Å²) in [6.07, 6.45) is 13.5. The number of hydrogen-bond donors (Lipinski definition) is 2. The van der Waals surface area contributed by atoms with Crippen LogP contribution in [-0.2, 0) is 5.41 Å². The Bertz CT molecular complexity index is 582. The average Bonchev–Trinajstić information content (AvgIpc) is 2.82. The van der Waals surface area contributed by atoms with Gasteiger partial charge in [0.1, 0.15) is 5.75 Å². The van der Waals surface area contributed by atoms with E-state index in [4.69, 9.17) is 11.5 Å². The van der Waals surface area contributed by atoms with E-state index in [9.17, 15) is 5.11 Å². The predicted molar refractivity (Wildman–Crippen MR) is 97.5 cm³/mol. The molecule has 1 aromatic rings. The van der Waals surface area contributed by atoms with E-state index in [1.807, 2.05) is 18.1 Å². The molecule has 0 atom stereocenters. The molecule has 2 rings (SSSR count). The lowest BCUT2D eigenvalue weighted by Gasteiger charge is -2.34. The number of terminal acetylenes is 1. The first-order chi connectivity index (χ1) is 11.0. The van der Waals surface area contributed by atoms with Gasteiger partial charge in [-0.1, -0.05) is 56.0 Å². The van der Waals surface area contributed by atoms with Gasteiger partial charge < -0.3 is 10.2 Å². The molecule has 1 fully saturated rings. The van der Waals surface area contributed by atoms with E-state index < -0.39 is 0 Å². The van der Waals surface area contributed by atoms with Crippen LogP contribution >= 0.6 is 0 Å². The Balaban J connectivity index is 0.000000379. The number of aliphatic hydroxyl groups excluding tert-OH is 1. The van der Waals surface area contributed by atoms with Gasteiger partial charge in [-0.2, -0.15) is 0 Å². The number of rotatable bonds is 2. The summed E-state index contributed by atoms with van der Waals surface area (Å²) in [6.45, 7) is 7.98. The molecule has 1 aromatic carbocycles. The maximum atomic E-state index is 10.1. The van der Waals surface area contributed by atoms with Crippen LogP contribution in [0.25, 0.3) is 0 Å². The van der Waals surface area contributed by atoms with Crippen molar-refractivity contribution in [1.82, 2.24) is 0 Å². The third-order valence-corrected chi connectivity index (χ3v) is 4.61. The zero-order chi connectivity index (χ0) is 17.3. The Morgan fingerprint density at radius 2 is 1.78 bits per heavy atom. The Hall–Kier alpha value is -2.14. The molecule has 0 radical (unpaired) electrons. The largest absolute Gasteiger partial charge is 0.508 e. The van der Waals surface area contributed by atoms with E-state index in [-0.39, 0.29) is 11.2 Å². The standard InChI is InChI=1S/C16H22O.C5H6O/c1-13(2)16(11-7-3-4-8-12-16)14-9-5-6-10-15(14)17;1-3-5(6)4-2/h5-6,9-10,17H,1,3-4,7-8,11-12H2,2H3;1,4,6H,2H3/b;5-4+. The van der Waals surface area contributed by atoms with Gasteiger partial charge in [-0.25, -0.2) is 0 Å². The summed E-state index contributed by atoms with van der Waals surface area (Å²) in [4.78, 5) is 0. The van der Waals surface area contributed by atoms with Gasteiger partial charge in [0.2, 0.25) is 0 Å². The summed E-state index contributed by atoms with van der Waals surface area (Å²) in [5.41, 5.74) is 2.28. The molecule has 1 aliphatic carbocycles. The van der Waals surface area contributed by atoms with Crippen LogP contribution < -0.4 is 0 Å². The second-order valence-electron chi connectivity index (χ2n) is 6.11. The van der Waals surface area contributed by atoms with Crippen LogP contribution in [0.2, 0.25) is 0 Å². The zero-order valence-corrected chi connectivity index (χ0v) is 14.3. The van der Waals surface area contributed by atoms with E-state index in [1.54, 1.807) is 13.0 Å². The highest BCUT2D eigenvalue weighted by molar-refractivity contribution is 5.44. The van der Waals surface area contributed by atoms with Crippen molar-refractivity contribution in [3.63, 3.8) is 0 Å². The van der Waals surface area contributed by atoms with Crippen LogP contribution in [0.5, 0.6) is 5.75 Å². The molecule has 0 amide bonds. The fourth-order valence-electron chi connectivity index (χ4n) is 3.22. The lowest BCUT2D eigenvalue weighted by Crippen LogP contribution is -2.26. The molecule has 0 spiro atoms. The van der Waals surface area contributed by atoms with Crippen molar-refractivity contribution in [3.8, 4) is 18.1 Å². The first-order valence-electron chi connectivity index (χ1n) is 8.24. The molecule has 23 heavy (non-hydrogen) atoms. The highest BCUT2D eigenvalue weighted by Crippen LogP contribution is 2.46. The third-order valence-electron chi connectivity index (χ3n) is 4.61. The monoisotopic (exact) mass is 312 g/mol. The molecule has 2 heteroatoms. The van der Waals surface area contributed by atoms with E-state index in [0.717, 1.165) is 18.4 Å². The number of phenolic OH excluding ortho intramolecular Hbond substituents is 1. The Morgan fingerprint density at radius 1 is 1.22 bits per heavy atom. The van der Waals surface area contributed by atoms with Crippen LogP contribution in [0.3, 0.4) is 0 Å². The predicted octanol–water partition coefficient (Wildman–Crippen LogP) is 5.64. The fraction of sp³-hybridized carbons (Fsp3) is 0.429. The molecule has 1 saturated carbocycles. The summed E-state index contributed by atoms with van der Waals surface area (Å²) in [7, 11) is 0. The quantitative estimate of drug-likeness (QED) is 0.321. The summed E-state index contributed by atoms with van der Waals surface area (Å²) < 4.78 is 0. The maximum Gasteiger partial charge on any atom is 0.162 e. The third kappa shape index (κ3) is 4.93. The smallest absolute Gasteiger partial charge is 0.162 e. The molecule has 0 bridgehead atoms. The molecule has 0 unspecified atom stereocenters. The van der Waals surface area contributed by atoms with Gasteiger partial charge in [-0.3, -0.25) is 0 Å². The molecule has 1 aliphatic rings. The van der Waals surface area contributed by atoms with Crippen molar-refractivity contribution in [3.05, 3.63) is 53.8 Å². The number of phenols is 1. The number of para-hydroxylation sites is 1. The van der Waals surface area contributed by atoms with Crippen molar-refractivity contribution in [2.75, 3.05) is 0 Å². The lowest BCUT2D eigenvalue weighted by atomic mass is 9.69. The van der Waals surface area contributed by atoms with Crippen LogP contribution in [0.15, 0.2) is 48.3 Å². The summed E-state index contributed by atoms with van der Waals surface area (Å²) in [6, 6.07) is 7.77. The second kappa shape index (κ2) is 9.10. The van der Waals surface area contributed by atoms with E-state index >= 15 is 0 Å². The van der Waals surface area contributed by atoms with Crippen molar-refractivity contribution in [2.45, 2.75) is 57.8 Å². The number of aliphatic hydroxyl groups is 1. The van der Waals surface area contributed by atoms with Gasteiger partial charge in [0.25, 0.3) is 0 Å². The minimum absolute atomic E-state index is 0.00183. The number of hydrogen-bond acceptors (Lipinski definition) is 2. The summed E-state index contributed by atoms with van der Waals surface area (Å²) >= 11 is 0. The van der Waals surface area contributed by atoms with Gasteiger partial charge in [-0.15, -0.1) is 6.42 Å². The zero-order valence-electron chi connectivity index (χ0n) is 14.3. The van der Waals surface area contributed by atoms with Crippen molar-refractivity contribution >= 4 is 0 Å². The van der Waals surface area contributed by atoms with Crippen LogP contribution in [0, 0.1) is 12.3 Å². The first kappa shape index (κ1) is 18.9. The highest BCUT2D eigenvalue weighted by atomic mass is 16.3. The normalized spacial score (nSPS) is 17.2. The highest BCUT2D eigenvalue weighted by Gasteiger charge is 2.35. The van der Waals surface area contributed by atoms with Gasteiger partial charge in [0.05, 0.1) is 0 Å². The molecular formula is C21H28O2. The van der Waals surface area contributed by atoms with Crippen LogP contribution in [0.4, 0.5) is 0 Å². The van der Waals surface area contributed by atoms with Gasteiger partial charge >= 0.3 is 0 Å². The topological polar surface area (TPSA) is 40.5 Å². The molecule has 0 aliphatic heterocycles. The average molecular weight is 312 g/mol. The van der Waals surface area contributed by atoms with Crippen LogP contribution in [-0.4, -0.2) is 10.2 Å². The van der Waals surface area contributed by atoms with Crippen LogP contribution in [0.1, 0.15) is 57.9 Å². The van der Waals surface area contributed by atoms with E-state index in [0.29, 0.717) is 5.75 Å². The summed E-state index contributed by atoms with van der Waals surface area (Å²) in [5.74, 6) is 2.45. The fourth-order valence-corrected chi connectivity index (χ4v) is 3.22. The molecule has 0 aromatic heterocycles. The number of allylic oxidation sites excluding steroid dienone is 3. The Morgan fingerprint density at radius 3 is 2.17 bits per heavy atom. The minimum Gasteiger partial charge on any atom is -0.508 e. The number of aromatic hydroxyl groups is 1. The second-order valence-corrected chi connectivity index (χ2v) is 6.11. The maximum absolute atomic E-state index is 10.1. The molecule has 2 N–H and O–H groups in total.